The second-order valence-corrected chi connectivity index (χ2v) is 6.60. The molecule has 20 heavy (non-hydrogen) atoms. The molecule has 2 rings (SSSR count). The van der Waals surface area contributed by atoms with E-state index < -0.39 is 28.2 Å². The zero-order valence-corrected chi connectivity index (χ0v) is 11.9. The van der Waals surface area contributed by atoms with Gasteiger partial charge in [-0.2, -0.15) is 0 Å². The number of aliphatic carboxylic acids is 1. The molecule has 1 saturated heterocycles. The molecule has 1 aromatic rings. The number of carbonyl (C=O) groups is 1. The topological polar surface area (TPSA) is 92.7 Å². The largest absolute Gasteiger partial charge is 0.479 e. The van der Waals surface area contributed by atoms with E-state index in [0.29, 0.717) is 12.8 Å². The van der Waals surface area contributed by atoms with Crippen molar-refractivity contribution in [1.29, 1.82) is 0 Å². The van der Waals surface area contributed by atoms with Crippen LogP contribution in [0.25, 0.3) is 0 Å². The van der Waals surface area contributed by atoms with Gasteiger partial charge in [0.25, 0.3) is 0 Å². The minimum Gasteiger partial charge on any atom is -0.479 e. The summed E-state index contributed by atoms with van der Waals surface area (Å²) in [4.78, 5) is 10.9. The van der Waals surface area contributed by atoms with E-state index in [0.717, 1.165) is 5.56 Å². The summed E-state index contributed by atoms with van der Waals surface area (Å²) in [6.45, 7) is 1.90. The van der Waals surface area contributed by atoms with E-state index in [-0.39, 0.29) is 11.4 Å². The first kappa shape index (κ1) is 15.0. The first-order chi connectivity index (χ1) is 9.38. The number of aryl methyl sites for hydroxylation is 1. The van der Waals surface area contributed by atoms with Gasteiger partial charge in [0, 0.05) is 6.54 Å². The highest BCUT2D eigenvalue weighted by atomic mass is 32.2. The zero-order chi connectivity index (χ0) is 14.8. The number of hydrogen-bond acceptors (Lipinski definition) is 4. The van der Waals surface area contributed by atoms with Gasteiger partial charge in [0.05, 0.1) is 11.0 Å². The van der Waals surface area contributed by atoms with Crippen LogP contribution < -0.4 is 4.72 Å². The van der Waals surface area contributed by atoms with E-state index in [1.54, 1.807) is 12.1 Å². The van der Waals surface area contributed by atoms with Crippen LogP contribution in [0, 0.1) is 6.92 Å². The van der Waals surface area contributed by atoms with Crippen LogP contribution in [0.3, 0.4) is 0 Å². The van der Waals surface area contributed by atoms with Crippen LogP contribution in [-0.4, -0.2) is 38.2 Å². The van der Waals surface area contributed by atoms with Gasteiger partial charge in [0.15, 0.2) is 6.10 Å². The Balaban J connectivity index is 1.95. The molecule has 2 N–H and O–H groups in total. The quantitative estimate of drug-likeness (QED) is 0.843. The predicted octanol–water partition coefficient (Wildman–Crippen LogP) is 0.906. The van der Waals surface area contributed by atoms with Crippen molar-refractivity contribution in [2.75, 3.05) is 6.54 Å². The Kier molecular flexibility index (Phi) is 4.42. The number of sulfonamides is 1. The van der Waals surface area contributed by atoms with Gasteiger partial charge in [-0.15, -0.1) is 0 Å². The molecule has 110 valence electrons. The van der Waals surface area contributed by atoms with E-state index in [1.165, 1.54) is 6.07 Å². The maximum absolute atomic E-state index is 12.1. The van der Waals surface area contributed by atoms with Gasteiger partial charge in [0.2, 0.25) is 10.0 Å². The third kappa shape index (κ3) is 3.56. The number of nitrogens with one attached hydrogen (secondary N) is 1. The molecule has 6 nitrogen and oxygen atoms in total. The highest BCUT2D eigenvalue weighted by Gasteiger charge is 2.31. The summed E-state index contributed by atoms with van der Waals surface area (Å²) in [6.07, 6.45) is -0.279. The first-order valence-corrected chi connectivity index (χ1v) is 7.81. The van der Waals surface area contributed by atoms with Crippen molar-refractivity contribution in [3.8, 4) is 0 Å². The minimum absolute atomic E-state index is 0.0834. The lowest BCUT2D eigenvalue weighted by atomic mass is 10.2. The summed E-state index contributed by atoms with van der Waals surface area (Å²) < 4.78 is 31.9. The van der Waals surface area contributed by atoms with Crippen molar-refractivity contribution >= 4 is 16.0 Å². The Morgan fingerprint density at radius 2 is 2.20 bits per heavy atom. The lowest BCUT2D eigenvalue weighted by Crippen LogP contribution is -2.33. The lowest BCUT2D eigenvalue weighted by molar-refractivity contribution is -0.149. The minimum atomic E-state index is -3.59. The summed E-state index contributed by atoms with van der Waals surface area (Å²) in [6, 6.07) is 6.59. The summed E-state index contributed by atoms with van der Waals surface area (Å²) >= 11 is 0. The third-order valence-corrected chi connectivity index (χ3v) is 4.61. The van der Waals surface area contributed by atoms with Crippen LogP contribution in [0.1, 0.15) is 18.4 Å². The van der Waals surface area contributed by atoms with Crippen LogP contribution in [0.5, 0.6) is 0 Å². The lowest BCUT2D eigenvalue weighted by Gasteiger charge is -2.13. The van der Waals surface area contributed by atoms with Crippen LogP contribution in [0.2, 0.25) is 0 Å². The molecule has 0 radical (unpaired) electrons. The summed E-state index contributed by atoms with van der Waals surface area (Å²) in [7, 11) is -3.59. The number of rotatable bonds is 5. The highest BCUT2D eigenvalue weighted by Crippen LogP contribution is 2.20. The molecule has 0 bridgehead atoms. The molecule has 1 aromatic carbocycles. The van der Waals surface area contributed by atoms with Gasteiger partial charge < -0.3 is 9.84 Å². The van der Waals surface area contributed by atoms with Crippen molar-refractivity contribution in [2.24, 2.45) is 0 Å². The molecule has 1 heterocycles. The fraction of sp³-hybridized carbons (Fsp3) is 0.462. The summed E-state index contributed by atoms with van der Waals surface area (Å²) in [5.41, 5.74) is 0.857. The Morgan fingerprint density at radius 3 is 2.80 bits per heavy atom. The molecule has 0 spiro atoms. The fourth-order valence-corrected chi connectivity index (χ4v) is 3.28. The monoisotopic (exact) mass is 299 g/mol. The predicted molar refractivity (Wildman–Crippen MR) is 71.9 cm³/mol. The first-order valence-electron chi connectivity index (χ1n) is 6.33. The standard InChI is InChI=1S/C13H17NO5S/c1-9-3-2-4-11(7-9)20(17,18)14-8-10-5-6-12(19-10)13(15)16/h2-4,7,10,12,14H,5-6,8H2,1H3,(H,15,16). The van der Waals surface area contributed by atoms with E-state index >= 15 is 0 Å². The van der Waals surface area contributed by atoms with Crippen molar-refractivity contribution in [2.45, 2.75) is 36.9 Å². The van der Waals surface area contributed by atoms with Crippen LogP contribution in [0.4, 0.5) is 0 Å². The van der Waals surface area contributed by atoms with Crippen LogP contribution in [-0.2, 0) is 19.6 Å². The van der Waals surface area contributed by atoms with Gasteiger partial charge in [-0.1, -0.05) is 12.1 Å². The number of ether oxygens (including phenoxy) is 1. The van der Waals surface area contributed by atoms with Gasteiger partial charge in [-0.3, -0.25) is 0 Å². The Bertz CT molecular complexity index is 599. The fourth-order valence-electron chi connectivity index (χ4n) is 2.11. The summed E-state index contributed by atoms with van der Waals surface area (Å²) in [5, 5.41) is 8.80. The molecule has 2 unspecified atom stereocenters. The van der Waals surface area contributed by atoms with E-state index in [2.05, 4.69) is 4.72 Å². The molecule has 1 aliphatic rings. The third-order valence-electron chi connectivity index (χ3n) is 3.18. The average molecular weight is 299 g/mol. The smallest absolute Gasteiger partial charge is 0.332 e. The Labute approximate surface area is 117 Å². The summed E-state index contributed by atoms with van der Waals surface area (Å²) in [5.74, 6) is -1.01. The number of carboxylic acid groups (broad SMARTS) is 1. The number of hydrogen-bond donors (Lipinski definition) is 2. The average Bonchev–Trinajstić information content (AvgIpc) is 2.85. The van der Waals surface area contributed by atoms with Gasteiger partial charge in [-0.25, -0.2) is 17.9 Å². The molecule has 0 saturated carbocycles. The molecule has 0 amide bonds. The normalized spacial score (nSPS) is 22.9. The molecular weight excluding hydrogens is 282 g/mol. The molecule has 0 aromatic heterocycles. The number of carboxylic acids is 1. The molecule has 1 aliphatic heterocycles. The van der Waals surface area contributed by atoms with Crippen molar-refractivity contribution < 1.29 is 23.1 Å². The van der Waals surface area contributed by atoms with Crippen LogP contribution in [0.15, 0.2) is 29.2 Å². The van der Waals surface area contributed by atoms with Gasteiger partial charge >= 0.3 is 5.97 Å². The Hall–Kier alpha value is -1.44. The Morgan fingerprint density at radius 1 is 1.45 bits per heavy atom. The zero-order valence-electron chi connectivity index (χ0n) is 11.1. The van der Waals surface area contributed by atoms with Crippen molar-refractivity contribution in [3.05, 3.63) is 29.8 Å². The van der Waals surface area contributed by atoms with E-state index in [4.69, 9.17) is 9.84 Å². The second-order valence-electron chi connectivity index (χ2n) is 4.83. The van der Waals surface area contributed by atoms with Crippen molar-refractivity contribution in [3.63, 3.8) is 0 Å². The van der Waals surface area contributed by atoms with E-state index in [1.807, 2.05) is 13.0 Å². The van der Waals surface area contributed by atoms with Crippen molar-refractivity contribution in [1.82, 2.24) is 4.72 Å². The second kappa shape index (κ2) is 5.90. The van der Waals surface area contributed by atoms with Gasteiger partial charge in [0.1, 0.15) is 0 Å². The van der Waals surface area contributed by atoms with Crippen LogP contribution >= 0.6 is 0 Å². The maximum atomic E-state index is 12.1. The molecular formula is C13H17NO5S. The van der Waals surface area contributed by atoms with E-state index in [9.17, 15) is 13.2 Å². The molecule has 0 aliphatic carbocycles. The van der Waals surface area contributed by atoms with Gasteiger partial charge in [-0.05, 0) is 37.5 Å². The molecule has 2 atom stereocenters. The molecule has 7 heteroatoms. The maximum Gasteiger partial charge on any atom is 0.332 e. The SMILES string of the molecule is Cc1cccc(S(=O)(=O)NCC2CCC(C(=O)O)O2)c1. The number of benzene rings is 1. The molecule has 1 fully saturated rings. The highest BCUT2D eigenvalue weighted by molar-refractivity contribution is 7.89.